The molecule has 1 atom stereocenters. The average Bonchev–Trinajstić information content (AvgIpc) is 3.34. The normalized spacial score (nSPS) is 13.6. The zero-order valence-corrected chi connectivity index (χ0v) is 16.8. The highest BCUT2D eigenvalue weighted by Gasteiger charge is 2.31. The van der Waals surface area contributed by atoms with E-state index in [-0.39, 0.29) is 18.6 Å². The van der Waals surface area contributed by atoms with Crippen molar-refractivity contribution in [1.82, 2.24) is 14.9 Å². The summed E-state index contributed by atoms with van der Waals surface area (Å²) in [5, 5.41) is 12.1. The van der Waals surface area contributed by atoms with E-state index in [1.54, 1.807) is 10.9 Å². The molecule has 1 unspecified atom stereocenters. The van der Waals surface area contributed by atoms with Crippen LogP contribution in [0.2, 0.25) is 0 Å². The molecule has 1 aliphatic rings. The van der Waals surface area contributed by atoms with Gasteiger partial charge in [-0.1, -0.05) is 48.5 Å². The summed E-state index contributed by atoms with van der Waals surface area (Å²) >= 11 is 0. The molecule has 4 rings (SSSR count). The van der Waals surface area contributed by atoms with Gasteiger partial charge in [-0.25, -0.2) is 14.6 Å². The number of carboxylic acid groups (broad SMARTS) is 1. The van der Waals surface area contributed by atoms with E-state index in [1.165, 1.54) is 6.20 Å². The summed E-state index contributed by atoms with van der Waals surface area (Å²) in [6.45, 7) is 3.95. The van der Waals surface area contributed by atoms with Gasteiger partial charge < -0.3 is 19.7 Å². The van der Waals surface area contributed by atoms with E-state index in [9.17, 15) is 14.7 Å². The number of alkyl carbamates (subject to hydrolysis) is 1. The molecule has 0 aliphatic heterocycles. The standard InChI is InChI=1S/C23H23N3O4/c1-14(2)26-13-24-11-20(26)21(22(27)28)25-23(29)30-12-19-17-9-5-3-7-15(17)16-8-4-6-10-18(16)19/h3-11,13-14,19,21H,12H2,1-2H3,(H,25,29)(H,27,28). The Morgan fingerprint density at radius 1 is 1.10 bits per heavy atom. The van der Waals surface area contributed by atoms with Crippen molar-refractivity contribution in [2.75, 3.05) is 6.61 Å². The molecule has 0 spiro atoms. The minimum Gasteiger partial charge on any atom is -0.479 e. The Labute approximate surface area is 174 Å². The van der Waals surface area contributed by atoms with Crippen LogP contribution in [0.4, 0.5) is 4.79 Å². The van der Waals surface area contributed by atoms with Gasteiger partial charge in [0.25, 0.3) is 0 Å². The van der Waals surface area contributed by atoms with Crippen LogP contribution >= 0.6 is 0 Å². The fourth-order valence-corrected chi connectivity index (χ4v) is 3.99. The van der Waals surface area contributed by atoms with Gasteiger partial charge in [0.05, 0.1) is 18.2 Å². The fourth-order valence-electron chi connectivity index (χ4n) is 3.99. The van der Waals surface area contributed by atoms with Crippen LogP contribution in [-0.4, -0.2) is 33.3 Å². The number of nitrogens with zero attached hydrogens (tertiary/aromatic N) is 2. The molecule has 0 bridgehead atoms. The van der Waals surface area contributed by atoms with Gasteiger partial charge in [-0.3, -0.25) is 0 Å². The lowest BCUT2D eigenvalue weighted by molar-refractivity contribution is -0.139. The molecular formula is C23H23N3O4. The smallest absolute Gasteiger partial charge is 0.408 e. The lowest BCUT2D eigenvalue weighted by atomic mass is 9.98. The first-order chi connectivity index (χ1) is 14.5. The molecule has 1 amide bonds. The summed E-state index contributed by atoms with van der Waals surface area (Å²) in [5.41, 5.74) is 4.85. The first-order valence-electron chi connectivity index (χ1n) is 9.83. The lowest BCUT2D eigenvalue weighted by Gasteiger charge is -2.19. The molecule has 1 aromatic heterocycles. The Hall–Kier alpha value is -3.61. The Kier molecular flexibility index (Phi) is 5.27. The second-order valence-electron chi connectivity index (χ2n) is 7.56. The van der Waals surface area contributed by atoms with E-state index >= 15 is 0 Å². The number of nitrogens with one attached hydrogen (secondary N) is 1. The van der Waals surface area contributed by atoms with Gasteiger partial charge in [0.15, 0.2) is 6.04 Å². The molecule has 3 aromatic rings. The Bertz CT molecular complexity index is 1040. The van der Waals surface area contributed by atoms with E-state index in [0.717, 1.165) is 22.3 Å². The van der Waals surface area contributed by atoms with Crippen LogP contribution in [0, 0.1) is 0 Å². The summed E-state index contributed by atoms with van der Waals surface area (Å²) in [5.74, 6) is -1.27. The summed E-state index contributed by atoms with van der Waals surface area (Å²) in [6, 6.07) is 14.8. The van der Waals surface area contributed by atoms with Crippen molar-refractivity contribution in [2.24, 2.45) is 0 Å². The fraction of sp³-hybridized carbons (Fsp3) is 0.261. The van der Waals surface area contributed by atoms with Crippen molar-refractivity contribution in [1.29, 1.82) is 0 Å². The second kappa shape index (κ2) is 8.02. The minimum atomic E-state index is -1.24. The highest BCUT2D eigenvalue weighted by atomic mass is 16.5. The van der Waals surface area contributed by atoms with Crippen LogP contribution in [0.3, 0.4) is 0 Å². The lowest BCUT2D eigenvalue weighted by Crippen LogP contribution is -2.36. The van der Waals surface area contributed by atoms with Gasteiger partial charge in [0.2, 0.25) is 0 Å². The molecule has 0 saturated heterocycles. The number of carboxylic acids is 1. The van der Waals surface area contributed by atoms with Crippen LogP contribution in [0.25, 0.3) is 11.1 Å². The van der Waals surface area contributed by atoms with Crippen LogP contribution in [0.5, 0.6) is 0 Å². The maximum atomic E-state index is 12.5. The first-order valence-corrected chi connectivity index (χ1v) is 9.83. The van der Waals surface area contributed by atoms with Gasteiger partial charge in [0, 0.05) is 12.0 Å². The summed E-state index contributed by atoms with van der Waals surface area (Å²) in [4.78, 5) is 28.3. The molecule has 0 fully saturated rings. The SMILES string of the molecule is CC(C)n1cncc1C(NC(=O)OCC1c2ccccc2-c2ccccc21)C(=O)O. The Balaban J connectivity index is 1.50. The number of hydrogen-bond acceptors (Lipinski definition) is 4. The summed E-state index contributed by atoms with van der Waals surface area (Å²) < 4.78 is 7.19. The van der Waals surface area contributed by atoms with Crippen LogP contribution < -0.4 is 5.32 Å². The van der Waals surface area contributed by atoms with E-state index in [4.69, 9.17) is 4.74 Å². The van der Waals surface area contributed by atoms with E-state index in [2.05, 4.69) is 22.4 Å². The van der Waals surface area contributed by atoms with Gasteiger partial charge >= 0.3 is 12.1 Å². The molecule has 7 heteroatoms. The van der Waals surface area contributed by atoms with Gasteiger partial charge in [-0.05, 0) is 36.1 Å². The summed E-state index contributed by atoms with van der Waals surface area (Å²) in [7, 11) is 0. The minimum absolute atomic E-state index is 0.00802. The number of amides is 1. The molecule has 2 N–H and O–H groups in total. The van der Waals surface area contributed by atoms with Crippen molar-refractivity contribution < 1.29 is 19.4 Å². The number of imidazole rings is 1. The third kappa shape index (κ3) is 3.54. The zero-order valence-electron chi connectivity index (χ0n) is 16.8. The maximum Gasteiger partial charge on any atom is 0.408 e. The molecule has 2 aromatic carbocycles. The highest BCUT2D eigenvalue weighted by Crippen LogP contribution is 2.44. The predicted molar refractivity (Wildman–Crippen MR) is 111 cm³/mol. The van der Waals surface area contributed by atoms with Crippen molar-refractivity contribution >= 4 is 12.1 Å². The molecule has 0 saturated carbocycles. The number of rotatable bonds is 6. The van der Waals surface area contributed by atoms with E-state index in [0.29, 0.717) is 5.69 Å². The monoisotopic (exact) mass is 405 g/mol. The average molecular weight is 405 g/mol. The van der Waals surface area contributed by atoms with Crippen molar-refractivity contribution in [3.05, 3.63) is 77.9 Å². The number of aromatic nitrogens is 2. The number of hydrogen-bond donors (Lipinski definition) is 2. The molecular weight excluding hydrogens is 382 g/mol. The maximum absolute atomic E-state index is 12.5. The number of ether oxygens (including phenoxy) is 1. The molecule has 1 heterocycles. The molecule has 154 valence electrons. The molecule has 30 heavy (non-hydrogen) atoms. The van der Waals surface area contributed by atoms with Gasteiger partial charge in [0.1, 0.15) is 6.61 Å². The van der Waals surface area contributed by atoms with Crippen LogP contribution in [-0.2, 0) is 9.53 Å². The number of carbonyl (C=O) groups excluding carboxylic acids is 1. The number of carbonyl (C=O) groups is 2. The topological polar surface area (TPSA) is 93.5 Å². The molecule has 0 radical (unpaired) electrons. The van der Waals surface area contributed by atoms with Crippen LogP contribution in [0.1, 0.15) is 48.7 Å². The number of aliphatic carboxylic acids is 1. The van der Waals surface area contributed by atoms with Crippen molar-refractivity contribution in [3.8, 4) is 11.1 Å². The quantitative estimate of drug-likeness (QED) is 0.643. The van der Waals surface area contributed by atoms with E-state index in [1.807, 2.05) is 50.2 Å². The van der Waals surface area contributed by atoms with E-state index < -0.39 is 18.1 Å². The summed E-state index contributed by atoms with van der Waals surface area (Å²) in [6.07, 6.45) is 2.22. The predicted octanol–water partition coefficient (Wildman–Crippen LogP) is 4.13. The van der Waals surface area contributed by atoms with Crippen molar-refractivity contribution in [2.45, 2.75) is 31.8 Å². The number of benzene rings is 2. The van der Waals surface area contributed by atoms with Gasteiger partial charge in [-0.2, -0.15) is 0 Å². The highest BCUT2D eigenvalue weighted by molar-refractivity contribution is 5.81. The largest absolute Gasteiger partial charge is 0.479 e. The second-order valence-corrected chi connectivity index (χ2v) is 7.56. The molecule has 7 nitrogen and oxygen atoms in total. The third-order valence-corrected chi connectivity index (χ3v) is 5.40. The van der Waals surface area contributed by atoms with Gasteiger partial charge in [-0.15, -0.1) is 0 Å². The Morgan fingerprint density at radius 2 is 1.70 bits per heavy atom. The van der Waals surface area contributed by atoms with Crippen molar-refractivity contribution in [3.63, 3.8) is 0 Å². The third-order valence-electron chi connectivity index (χ3n) is 5.40. The zero-order chi connectivity index (χ0) is 21.3. The first kappa shape index (κ1) is 19.7. The number of fused-ring (bicyclic) bond motifs is 3. The molecule has 1 aliphatic carbocycles. The van der Waals surface area contributed by atoms with Crippen LogP contribution in [0.15, 0.2) is 61.1 Å². The Morgan fingerprint density at radius 3 is 2.27 bits per heavy atom.